The molecule has 0 atom stereocenters. The minimum Gasteiger partial charge on any atom is -0.478 e. The number of carbonyl (C=O) groups excluding carboxylic acids is 1. The van der Waals surface area contributed by atoms with Crippen LogP contribution in [0.2, 0.25) is 0 Å². The van der Waals surface area contributed by atoms with Gasteiger partial charge in [-0.2, -0.15) is 0 Å². The van der Waals surface area contributed by atoms with Gasteiger partial charge in [-0.05, 0) is 62.5 Å². The van der Waals surface area contributed by atoms with Crippen molar-refractivity contribution in [2.24, 2.45) is 0 Å². The number of carboxylic acids is 1. The molecule has 1 N–H and O–H groups in total. The molecule has 1 aliphatic rings. The fraction of sp³-hybridized carbons (Fsp3) is 0.360. The summed E-state index contributed by atoms with van der Waals surface area (Å²) in [5.74, 6) is -1.06. The zero-order chi connectivity index (χ0) is 22.5. The Morgan fingerprint density at radius 3 is 2.19 bits per heavy atom. The lowest BCUT2D eigenvalue weighted by Crippen LogP contribution is -2.26. The van der Waals surface area contributed by atoms with Crippen LogP contribution in [-0.2, 0) is 0 Å². The molecule has 164 valence electrons. The van der Waals surface area contributed by atoms with Crippen molar-refractivity contribution in [2.45, 2.75) is 25.7 Å². The molecule has 0 aliphatic heterocycles. The van der Waals surface area contributed by atoms with Crippen LogP contribution in [0.3, 0.4) is 0 Å². The highest BCUT2D eigenvalue weighted by atomic mass is 16.6. The first-order valence-electron chi connectivity index (χ1n) is 10.5. The van der Waals surface area contributed by atoms with E-state index in [4.69, 9.17) is 4.74 Å². The third-order valence-corrected chi connectivity index (χ3v) is 5.43. The summed E-state index contributed by atoms with van der Waals surface area (Å²) in [6.07, 6.45) is 3.72. The summed E-state index contributed by atoms with van der Waals surface area (Å²) in [4.78, 5) is 27.7. The minimum absolute atomic E-state index is 0.0337. The lowest BCUT2D eigenvalue weighted by atomic mass is 9.83. The number of benzene rings is 2. The molecule has 3 rings (SSSR count). The molecule has 0 heterocycles. The molecule has 0 radical (unpaired) electrons. The molecule has 2 aromatic rings. The Kier molecular flexibility index (Phi) is 7.13. The van der Waals surface area contributed by atoms with Gasteiger partial charge in [0.25, 0.3) is 0 Å². The second kappa shape index (κ2) is 9.79. The number of para-hydroxylation sites is 1. The summed E-state index contributed by atoms with van der Waals surface area (Å²) in [5, 5.41) is 9.73. The molecular weight excluding hydrogens is 392 g/mol. The van der Waals surface area contributed by atoms with Gasteiger partial charge >= 0.3 is 12.1 Å². The van der Waals surface area contributed by atoms with Gasteiger partial charge in [-0.1, -0.05) is 42.0 Å². The van der Waals surface area contributed by atoms with Gasteiger partial charge in [0.1, 0.15) is 5.56 Å². The minimum atomic E-state index is -1.13. The number of ether oxygens (including phenoxy) is 1. The van der Waals surface area contributed by atoms with Crippen LogP contribution in [-0.4, -0.2) is 61.7 Å². The number of nitrogens with zero attached hydrogens (tertiary/aromatic N) is 2. The molecule has 0 unspecified atom stereocenters. The first-order valence-corrected chi connectivity index (χ1v) is 10.5. The monoisotopic (exact) mass is 422 g/mol. The summed E-state index contributed by atoms with van der Waals surface area (Å²) in [6.45, 7) is 0.890. The van der Waals surface area contributed by atoms with E-state index < -0.39 is 12.1 Å². The second-order valence-corrected chi connectivity index (χ2v) is 8.32. The van der Waals surface area contributed by atoms with Crippen molar-refractivity contribution in [3.8, 4) is 16.9 Å². The Balaban J connectivity index is 2.21. The number of rotatable bonds is 6. The first-order chi connectivity index (χ1) is 14.8. The number of hydrogen-bond donors (Lipinski definition) is 1. The number of likely N-dealkylation sites (N-methyl/N-ethyl adjacent to an activating group) is 1. The SMILES string of the molecule is CN(C)CC1=C(c2ccccc2-c2cccc(C(=O)O)c2OC(=O)N(C)C)CCCC1. The maximum Gasteiger partial charge on any atom is 0.414 e. The number of aromatic carboxylic acids is 1. The van der Waals surface area contributed by atoms with Crippen LogP contribution < -0.4 is 4.74 Å². The molecule has 6 nitrogen and oxygen atoms in total. The Morgan fingerprint density at radius 1 is 0.903 bits per heavy atom. The summed E-state index contributed by atoms with van der Waals surface area (Å²) in [5.41, 5.74) is 5.23. The molecule has 31 heavy (non-hydrogen) atoms. The van der Waals surface area contributed by atoms with E-state index in [0.717, 1.165) is 36.9 Å². The van der Waals surface area contributed by atoms with Crippen molar-refractivity contribution in [3.05, 3.63) is 59.2 Å². The summed E-state index contributed by atoms with van der Waals surface area (Å²) >= 11 is 0. The molecule has 1 amide bonds. The standard InChI is InChI=1S/C25H30N2O4/c1-26(2)16-17-10-5-6-11-18(17)19-12-7-8-13-20(19)21-14-9-15-22(24(28)29)23(21)31-25(30)27(3)4/h7-9,12-15H,5-6,10-11,16H2,1-4H3,(H,28,29). The molecule has 0 spiro atoms. The number of carbonyl (C=O) groups is 2. The number of carboxylic acid groups (broad SMARTS) is 1. The summed E-state index contributed by atoms with van der Waals surface area (Å²) in [6, 6.07) is 13.0. The van der Waals surface area contributed by atoms with Gasteiger partial charge in [0.2, 0.25) is 0 Å². The Labute approximate surface area is 183 Å². The van der Waals surface area contributed by atoms with Crippen LogP contribution in [0.15, 0.2) is 48.0 Å². The summed E-state index contributed by atoms with van der Waals surface area (Å²) < 4.78 is 5.57. The van der Waals surface area contributed by atoms with Gasteiger partial charge in [0.05, 0.1) is 0 Å². The molecule has 0 saturated carbocycles. The van der Waals surface area contributed by atoms with E-state index in [1.807, 2.05) is 24.3 Å². The highest BCUT2D eigenvalue weighted by molar-refractivity contribution is 5.97. The fourth-order valence-corrected chi connectivity index (χ4v) is 4.04. The van der Waals surface area contributed by atoms with Crippen molar-refractivity contribution in [3.63, 3.8) is 0 Å². The highest BCUT2D eigenvalue weighted by Crippen LogP contribution is 2.41. The van der Waals surface area contributed by atoms with Crippen LogP contribution in [0.4, 0.5) is 4.79 Å². The molecular formula is C25H30N2O4. The van der Waals surface area contributed by atoms with E-state index in [1.54, 1.807) is 20.2 Å². The van der Waals surface area contributed by atoms with Crippen molar-refractivity contribution in [2.75, 3.05) is 34.7 Å². The average molecular weight is 423 g/mol. The molecule has 0 fully saturated rings. The number of hydrogen-bond acceptors (Lipinski definition) is 4. The normalized spacial score (nSPS) is 14.0. The van der Waals surface area contributed by atoms with Crippen molar-refractivity contribution >= 4 is 17.6 Å². The van der Waals surface area contributed by atoms with Gasteiger partial charge in [-0.25, -0.2) is 9.59 Å². The second-order valence-electron chi connectivity index (χ2n) is 8.32. The van der Waals surface area contributed by atoms with Crippen LogP contribution in [0.1, 0.15) is 41.6 Å². The number of allylic oxidation sites excluding steroid dienone is 1. The molecule has 0 bridgehead atoms. The van der Waals surface area contributed by atoms with Crippen molar-refractivity contribution in [1.29, 1.82) is 0 Å². The van der Waals surface area contributed by atoms with Gasteiger partial charge in [0, 0.05) is 26.2 Å². The lowest BCUT2D eigenvalue weighted by Gasteiger charge is -2.25. The topological polar surface area (TPSA) is 70.1 Å². The predicted molar refractivity (Wildman–Crippen MR) is 122 cm³/mol. The zero-order valence-corrected chi connectivity index (χ0v) is 18.6. The van der Waals surface area contributed by atoms with Gasteiger partial charge in [0.15, 0.2) is 5.75 Å². The maximum atomic E-state index is 12.3. The molecule has 0 saturated heterocycles. The smallest absolute Gasteiger partial charge is 0.414 e. The van der Waals surface area contributed by atoms with Gasteiger partial charge < -0.3 is 19.6 Å². The van der Waals surface area contributed by atoms with E-state index in [1.165, 1.54) is 28.5 Å². The van der Waals surface area contributed by atoms with Crippen molar-refractivity contribution < 1.29 is 19.4 Å². The predicted octanol–water partition coefficient (Wildman–Crippen LogP) is 5.00. The van der Waals surface area contributed by atoms with Crippen LogP contribution in [0, 0.1) is 0 Å². The van der Waals surface area contributed by atoms with E-state index in [9.17, 15) is 14.7 Å². The number of amides is 1. The average Bonchev–Trinajstić information content (AvgIpc) is 2.73. The van der Waals surface area contributed by atoms with Gasteiger partial charge in [-0.15, -0.1) is 0 Å². The molecule has 1 aliphatic carbocycles. The summed E-state index contributed by atoms with van der Waals surface area (Å²) in [7, 11) is 7.28. The Morgan fingerprint density at radius 2 is 1.55 bits per heavy atom. The van der Waals surface area contributed by atoms with E-state index in [-0.39, 0.29) is 11.3 Å². The first kappa shape index (κ1) is 22.6. The quantitative estimate of drug-likeness (QED) is 0.709. The Bertz CT molecular complexity index is 1010. The van der Waals surface area contributed by atoms with Crippen LogP contribution in [0.5, 0.6) is 5.75 Å². The fourth-order valence-electron chi connectivity index (χ4n) is 4.04. The third-order valence-electron chi connectivity index (χ3n) is 5.43. The van der Waals surface area contributed by atoms with Crippen LogP contribution >= 0.6 is 0 Å². The van der Waals surface area contributed by atoms with E-state index >= 15 is 0 Å². The van der Waals surface area contributed by atoms with E-state index in [0.29, 0.717) is 5.56 Å². The largest absolute Gasteiger partial charge is 0.478 e. The van der Waals surface area contributed by atoms with Crippen LogP contribution in [0.25, 0.3) is 16.7 Å². The highest BCUT2D eigenvalue weighted by Gasteiger charge is 2.24. The lowest BCUT2D eigenvalue weighted by molar-refractivity contribution is 0.0693. The van der Waals surface area contributed by atoms with Gasteiger partial charge in [-0.3, -0.25) is 0 Å². The zero-order valence-electron chi connectivity index (χ0n) is 18.6. The molecule has 2 aromatic carbocycles. The molecule has 6 heteroatoms. The van der Waals surface area contributed by atoms with E-state index in [2.05, 4.69) is 25.1 Å². The Hall–Kier alpha value is -3.12. The molecule has 0 aromatic heterocycles. The maximum absolute atomic E-state index is 12.3. The third kappa shape index (κ3) is 5.14. The van der Waals surface area contributed by atoms with Crippen molar-refractivity contribution in [1.82, 2.24) is 9.80 Å².